The van der Waals surface area contributed by atoms with E-state index in [2.05, 4.69) is 5.32 Å². The molecule has 1 aromatic carbocycles. The summed E-state index contributed by atoms with van der Waals surface area (Å²) >= 11 is 0. The molecule has 2 rings (SSSR count). The van der Waals surface area contributed by atoms with E-state index in [1.54, 1.807) is 13.0 Å². The van der Waals surface area contributed by atoms with Gasteiger partial charge in [-0.05, 0) is 18.9 Å². The predicted molar refractivity (Wildman–Crippen MR) is 81.7 cm³/mol. The standard InChI is InChI=1S/C15H17N3O5/c1-10-4-5-11(18(22)23)9-12(10)16-13(19)3-2-8-17-14(20)6-7-15(17)21/h4-5,9H,2-3,6-8H2,1H3,(H,16,19). The molecule has 0 aliphatic carbocycles. The lowest BCUT2D eigenvalue weighted by Crippen LogP contribution is -2.30. The Morgan fingerprint density at radius 2 is 1.96 bits per heavy atom. The lowest BCUT2D eigenvalue weighted by molar-refractivity contribution is -0.384. The van der Waals surface area contributed by atoms with E-state index in [0.717, 1.165) is 0 Å². The van der Waals surface area contributed by atoms with Crippen molar-refractivity contribution < 1.29 is 19.3 Å². The molecule has 1 fully saturated rings. The molecule has 1 aliphatic heterocycles. The van der Waals surface area contributed by atoms with Gasteiger partial charge in [0, 0.05) is 37.9 Å². The smallest absolute Gasteiger partial charge is 0.271 e. The molecule has 8 heteroatoms. The summed E-state index contributed by atoms with van der Waals surface area (Å²) in [5, 5.41) is 13.4. The van der Waals surface area contributed by atoms with Gasteiger partial charge < -0.3 is 5.32 Å². The minimum atomic E-state index is -0.528. The number of imide groups is 1. The topological polar surface area (TPSA) is 110 Å². The minimum Gasteiger partial charge on any atom is -0.326 e. The van der Waals surface area contributed by atoms with Gasteiger partial charge >= 0.3 is 0 Å². The normalized spacial score (nSPS) is 14.2. The molecule has 1 saturated heterocycles. The fourth-order valence-electron chi connectivity index (χ4n) is 2.34. The van der Waals surface area contributed by atoms with Crippen LogP contribution >= 0.6 is 0 Å². The molecule has 1 N–H and O–H groups in total. The van der Waals surface area contributed by atoms with Gasteiger partial charge in [0.25, 0.3) is 5.69 Å². The van der Waals surface area contributed by atoms with Crippen LogP contribution < -0.4 is 5.32 Å². The van der Waals surface area contributed by atoms with E-state index < -0.39 is 4.92 Å². The second-order valence-corrected chi connectivity index (χ2v) is 5.35. The number of nitro benzene ring substituents is 1. The van der Waals surface area contributed by atoms with E-state index in [-0.39, 0.29) is 49.2 Å². The van der Waals surface area contributed by atoms with E-state index in [0.29, 0.717) is 17.7 Å². The van der Waals surface area contributed by atoms with E-state index in [9.17, 15) is 24.5 Å². The van der Waals surface area contributed by atoms with Gasteiger partial charge in [-0.3, -0.25) is 29.4 Å². The summed E-state index contributed by atoms with van der Waals surface area (Å²) in [5.41, 5.74) is 1.01. The van der Waals surface area contributed by atoms with E-state index in [4.69, 9.17) is 0 Å². The van der Waals surface area contributed by atoms with Gasteiger partial charge in [-0.1, -0.05) is 6.07 Å². The van der Waals surface area contributed by atoms with Gasteiger partial charge in [-0.15, -0.1) is 0 Å². The number of hydrogen-bond donors (Lipinski definition) is 1. The monoisotopic (exact) mass is 319 g/mol. The maximum atomic E-state index is 11.9. The lowest BCUT2D eigenvalue weighted by atomic mass is 10.1. The van der Waals surface area contributed by atoms with E-state index >= 15 is 0 Å². The number of hydrogen-bond acceptors (Lipinski definition) is 5. The van der Waals surface area contributed by atoms with Crippen molar-refractivity contribution in [1.29, 1.82) is 0 Å². The number of likely N-dealkylation sites (tertiary alicyclic amines) is 1. The second-order valence-electron chi connectivity index (χ2n) is 5.35. The molecular formula is C15H17N3O5. The van der Waals surface area contributed by atoms with Crippen LogP contribution in [0.1, 0.15) is 31.2 Å². The second kappa shape index (κ2) is 6.99. The van der Waals surface area contributed by atoms with Gasteiger partial charge in [0.2, 0.25) is 17.7 Å². The fourth-order valence-corrected chi connectivity index (χ4v) is 2.34. The number of carbonyl (C=O) groups is 3. The molecule has 1 aromatic rings. The number of non-ortho nitro benzene ring substituents is 1. The zero-order valence-electron chi connectivity index (χ0n) is 12.7. The molecule has 0 bridgehead atoms. The highest BCUT2D eigenvalue weighted by molar-refractivity contribution is 6.02. The highest BCUT2D eigenvalue weighted by Crippen LogP contribution is 2.22. The minimum absolute atomic E-state index is 0.0980. The van der Waals surface area contributed by atoms with Crippen LogP contribution in [-0.2, 0) is 14.4 Å². The maximum absolute atomic E-state index is 11.9. The zero-order valence-corrected chi connectivity index (χ0v) is 12.7. The van der Waals surface area contributed by atoms with Gasteiger partial charge in [-0.2, -0.15) is 0 Å². The first kappa shape index (κ1) is 16.6. The number of aryl methyl sites for hydroxylation is 1. The highest BCUT2D eigenvalue weighted by Gasteiger charge is 2.28. The Hall–Kier alpha value is -2.77. The molecular weight excluding hydrogens is 302 g/mol. The van der Waals surface area contributed by atoms with E-state index in [1.165, 1.54) is 17.0 Å². The number of amides is 3. The third-order valence-corrected chi connectivity index (χ3v) is 3.65. The molecule has 0 aromatic heterocycles. The van der Waals surface area contributed by atoms with Crippen molar-refractivity contribution in [2.24, 2.45) is 0 Å². The third kappa shape index (κ3) is 4.12. The molecule has 122 valence electrons. The van der Waals surface area contributed by atoms with E-state index in [1.807, 2.05) is 0 Å². The number of nitro groups is 1. The fraction of sp³-hybridized carbons (Fsp3) is 0.400. The van der Waals surface area contributed by atoms with Crippen molar-refractivity contribution in [1.82, 2.24) is 4.90 Å². The first-order chi connectivity index (χ1) is 10.9. The summed E-state index contributed by atoms with van der Waals surface area (Å²) in [5.74, 6) is -0.720. The van der Waals surface area contributed by atoms with Crippen LogP contribution in [0.25, 0.3) is 0 Å². The molecule has 23 heavy (non-hydrogen) atoms. The van der Waals surface area contributed by atoms with Gasteiger partial charge in [-0.25, -0.2) is 0 Å². The van der Waals surface area contributed by atoms with Crippen molar-refractivity contribution >= 4 is 29.1 Å². The Bertz CT molecular complexity index is 655. The molecule has 3 amide bonds. The Balaban J connectivity index is 1.87. The number of nitrogens with zero attached hydrogens (tertiary/aromatic N) is 2. The summed E-state index contributed by atoms with van der Waals surface area (Å²) in [7, 11) is 0. The molecule has 0 atom stereocenters. The average Bonchev–Trinajstić information content (AvgIpc) is 2.81. The molecule has 0 unspecified atom stereocenters. The Kier molecular flexibility index (Phi) is 5.05. The molecule has 1 heterocycles. The molecule has 0 spiro atoms. The van der Waals surface area contributed by atoms with Crippen LogP contribution in [0.5, 0.6) is 0 Å². The van der Waals surface area contributed by atoms with Crippen LogP contribution in [-0.4, -0.2) is 34.1 Å². The Labute approximate surface area is 132 Å². The molecule has 1 aliphatic rings. The quantitative estimate of drug-likeness (QED) is 0.488. The van der Waals surface area contributed by atoms with Crippen LogP contribution in [0.2, 0.25) is 0 Å². The summed E-state index contributed by atoms with van der Waals surface area (Å²) in [6.45, 7) is 1.96. The van der Waals surface area contributed by atoms with Crippen LogP contribution in [0.4, 0.5) is 11.4 Å². The van der Waals surface area contributed by atoms with Crippen molar-refractivity contribution in [2.75, 3.05) is 11.9 Å². The number of benzene rings is 1. The van der Waals surface area contributed by atoms with Crippen molar-refractivity contribution in [2.45, 2.75) is 32.6 Å². The number of nitrogens with one attached hydrogen (secondary N) is 1. The first-order valence-electron chi connectivity index (χ1n) is 7.26. The lowest BCUT2D eigenvalue weighted by Gasteiger charge is -2.13. The van der Waals surface area contributed by atoms with Gasteiger partial charge in [0.1, 0.15) is 0 Å². The van der Waals surface area contributed by atoms with Gasteiger partial charge in [0.15, 0.2) is 0 Å². The molecule has 0 radical (unpaired) electrons. The first-order valence-corrected chi connectivity index (χ1v) is 7.26. The molecule has 8 nitrogen and oxygen atoms in total. The summed E-state index contributed by atoms with van der Waals surface area (Å²) < 4.78 is 0. The maximum Gasteiger partial charge on any atom is 0.271 e. The van der Waals surface area contributed by atoms with Crippen molar-refractivity contribution in [3.63, 3.8) is 0 Å². The largest absolute Gasteiger partial charge is 0.326 e. The summed E-state index contributed by atoms with van der Waals surface area (Å²) in [6.07, 6.45) is 0.951. The van der Waals surface area contributed by atoms with Crippen LogP contribution in [0.15, 0.2) is 18.2 Å². The van der Waals surface area contributed by atoms with Gasteiger partial charge in [0.05, 0.1) is 10.6 Å². The number of rotatable bonds is 6. The van der Waals surface area contributed by atoms with Crippen molar-refractivity contribution in [3.05, 3.63) is 33.9 Å². The Morgan fingerprint density at radius 1 is 1.30 bits per heavy atom. The summed E-state index contributed by atoms with van der Waals surface area (Å²) in [4.78, 5) is 46.2. The molecule has 0 saturated carbocycles. The highest BCUT2D eigenvalue weighted by atomic mass is 16.6. The number of anilines is 1. The Morgan fingerprint density at radius 3 is 2.57 bits per heavy atom. The third-order valence-electron chi connectivity index (χ3n) is 3.65. The SMILES string of the molecule is Cc1ccc([N+](=O)[O-])cc1NC(=O)CCCN1C(=O)CCC1=O. The van der Waals surface area contributed by atoms with Crippen LogP contribution in [0, 0.1) is 17.0 Å². The zero-order chi connectivity index (χ0) is 17.0. The average molecular weight is 319 g/mol. The number of carbonyl (C=O) groups excluding carboxylic acids is 3. The van der Waals surface area contributed by atoms with Crippen molar-refractivity contribution in [3.8, 4) is 0 Å². The van der Waals surface area contributed by atoms with Crippen LogP contribution in [0.3, 0.4) is 0 Å². The summed E-state index contributed by atoms with van der Waals surface area (Å²) in [6, 6.07) is 4.24. The predicted octanol–water partition coefficient (Wildman–Crippen LogP) is 1.77.